The summed E-state index contributed by atoms with van der Waals surface area (Å²) in [5.41, 5.74) is 5.38. The average Bonchev–Trinajstić information content (AvgIpc) is 2.79. The van der Waals surface area contributed by atoms with Gasteiger partial charge in [0.2, 0.25) is 23.6 Å². The number of nitrogens with zero attached hydrogens (tertiary/aromatic N) is 1. The third-order valence-corrected chi connectivity index (χ3v) is 7.41. The number of piperidine rings is 2. The summed E-state index contributed by atoms with van der Waals surface area (Å²) < 4.78 is 67.4. The van der Waals surface area contributed by atoms with Gasteiger partial charge in [0.25, 0.3) is 5.92 Å². The Balaban J connectivity index is 1.79. The van der Waals surface area contributed by atoms with Gasteiger partial charge in [-0.3, -0.25) is 24.0 Å². The van der Waals surface area contributed by atoms with Gasteiger partial charge in [0.05, 0.1) is 0 Å². The highest BCUT2D eigenvalue weighted by Gasteiger charge is 2.49. The number of halogens is 5. The number of nitrogens with two attached hydrogens (primary N) is 1. The molecule has 0 bridgehead atoms. The van der Waals surface area contributed by atoms with Crippen LogP contribution in [-0.4, -0.2) is 77.7 Å². The van der Waals surface area contributed by atoms with Gasteiger partial charge in [-0.25, -0.2) is 8.78 Å². The van der Waals surface area contributed by atoms with Gasteiger partial charge in [0.15, 0.2) is 0 Å². The smallest absolute Gasteiger partial charge is 0.368 e. The molecule has 5 N–H and O–H groups in total. The van der Waals surface area contributed by atoms with E-state index in [1.54, 1.807) is 5.32 Å². The van der Waals surface area contributed by atoms with E-state index < -0.39 is 79.2 Å². The maximum Gasteiger partial charge on any atom is 0.471 e. The molecule has 10 nitrogen and oxygen atoms in total. The summed E-state index contributed by atoms with van der Waals surface area (Å²) in [5.74, 6) is -10.1. The van der Waals surface area contributed by atoms with E-state index in [2.05, 4.69) is 10.6 Å². The number of nitrogens with one attached hydrogen (secondary N) is 3. The highest BCUT2D eigenvalue weighted by atomic mass is 19.4. The summed E-state index contributed by atoms with van der Waals surface area (Å²) in [5, 5.41) is 6.53. The molecule has 5 amide bonds. The summed E-state index contributed by atoms with van der Waals surface area (Å²) >= 11 is 0. The Morgan fingerprint density at radius 1 is 1.05 bits per heavy atom. The number of rotatable bonds is 9. The molecule has 214 valence electrons. The quantitative estimate of drug-likeness (QED) is 0.311. The van der Waals surface area contributed by atoms with Crippen molar-refractivity contribution in [3.05, 3.63) is 0 Å². The third-order valence-electron chi connectivity index (χ3n) is 7.41. The van der Waals surface area contributed by atoms with Crippen molar-refractivity contribution in [2.75, 3.05) is 13.1 Å². The van der Waals surface area contributed by atoms with Gasteiger partial charge in [0, 0.05) is 31.8 Å². The summed E-state index contributed by atoms with van der Waals surface area (Å²) in [6.07, 6.45) is -4.48. The van der Waals surface area contributed by atoms with Crippen molar-refractivity contribution in [2.45, 2.75) is 88.0 Å². The molecule has 0 radical (unpaired) electrons. The van der Waals surface area contributed by atoms with E-state index in [1.165, 1.54) is 0 Å². The van der Waals surface area contributed by atoms with Crippen molar-refractivity contribution >= 4 is 29.5 Å². The van der Waals surface area contributed by atoms with Crippen molar-refractivity contribution in [3.63, 3.8) is 0 Å². The zero-order valence-electron chi connectivity index (χ0n) is 20.6. The zero-order chi connectivity index (χ0) is 28.3. The SMILES string of the molecule is NC(=O)[C@H](C[C@@H]1CCCNC1=O)NC(=O)[C@@H]1CC(F)(F)CCN1C(=O)[C@H](CC1CCC1)NC(=O)C(F)(F)F. The topological polar surface area (TPSA) is 151 Å². The molecule has 38 heavy (non-hydrogen) atoms. The average molecular weight is 554 g/mol. The monoisotopic (exact) mass is 553 g/mol. The zero-order valence-corrected chi connectivity index (χ0v) is 20.6. The lowest BCUT2D eigenvalue weighted by molar-refractivity contribution is -0.176. The molecule has 0 unspecified atom stereocenters. The fourth-order valence-electron chi connectivity index (χ4n) is 5.02. The normalized spacial score (nSPS) is 25.4. The third kappa shape index (κ3) is 7.53. The molecule has 0 spiro atoms. The largest absolute Gasteiger partial charge is 0.471 e. The molecule has 4 atom stereocenters. The van der Waals surface area contributed by atoms with Crippen LogP contribution in [0.5, 0.6) is 0 Å². The molecule has 3 fully saturated rings. The van der Waals surface area contributed by atoms with Gasteiger partial charge in [0.1, 0.15) is 18.1 Å². The van der Waals surface area contributed by atoms with Gasteiger partial charge in [-0.05, 0) is 31.6 Å². The van der Waals surface area contributed by atoms with E-state index in [1.807, 2.05) is 0 Å². The van der Waals surface area contributed by atoms with Crippen molar-refractivity contribution in [3.8, 4) is 0 Å². The van der Waals surface area contributed by atoms with Crippen LogP contribution in [0.15, 0.2) is 0 Å². The lowest BCUT2D eigenvalue weighted by atomic mass is 9.80. The minimum Gasteiger partial charge on any atom is -0.368 e. The molecular formula is C23H32F5N5O5. The maximum atomic E-state index is 14.3. The fraction of sp³-hybridized carbons (Fsp3) is 0.783. The minimum absolute atomic E-state index is 0.136. The first-order valence-corrected chi connectivity index (χ1v) is 12.6. The predicted molar refractivity (Wildman–Crippen MR) is 121 cm³/mol. The molecule has 3 rings (SSSR count). The first-order chi connectivity index (χ1) is 17.7. The van der Waals surface area contributed by atoms with E-state index >= 15 is 0 Å². The van der Waals surface area contributed by atoms with Crippen molar-refractivity contribution < 1.29 is 45.9 Å². The molecule has 2 aliphatic heterocycles. The molecular weight excluding hydrogens is 521 g/mol. The van der Waals surface area contributed by atoms with Crippen LogP contribution in [0.1, 0.15) is 57.8 Å². The van der Waals surface area contributed by atoms with E-state index in [-0.39, 0.29) is 24.7 Å². The molecule has 2 heterocycles. The molecule has 0 aromatic heterocycles. The van der Waals surface area contributed by atoms with Crippen molar-refractivity contribution in [1.29, 1.82) is 0 Å². The van der Waals surface area contributed by atoms with Crippen molar-refractivity contribution in [1.82, 2.24) is 20.9 Å². The van der Waals surface area contributed by atoms with Crippen molar-refractivity contribution in [2.24, 2.45) is 17.6 Å². The van der Waals surface area contributed by atoms with Gasteiger partial charge in [-0.1, -0.05) is 19.3 Å². The molecule has 1 saturated carbocycles. The van der Waals surface area contributed by atoms with Crippen LogP contribution in [-0.2, 0) is 24.0 Å². The second-order valence-corrected chi connectivity index (χ2v) is 10.2. The Bertz CT molecular complexity index is 942. The van der Waals surface area contributed by atoms with E-state index in [9.17, 15) is 45.9 Å². The summed E-state index contributed by atoms with van der Waals surface area (Å²) in [7, 11) is 0. The number of primary amides is 1. The lowest BCUT2D eigenvalue weighted by Crippen LogP contribution is -2.62. The van der Waals surface area contributed by atoms with E-state index in [4.69, 9.17) is 5.73 Å². The number of hydrogen-bond donors (Lipinski definition) is 4. The van der Waals surface area contributed by atoms with Gasteiger partial charge in [-0.2, -0.15) is 13.2 Å². The molecule has 2 saturated heterocycles. The number of amides is 5. The number of likely N-dealkylation sites (tertiary alicyclic amines) is 1. The summed E-state index contributed by atoms with van der Waals surface area (Å²) in [6, 6.07) is -4.91. The second-order valence-electron chi connectivity index (χ2n) is 10.2. The molecule has 0 aromatic rings. The van der Waals surface area contributed by atoms with Crippen LogP contribution >= 0.6 is 0 Å². The Morgan fingerprint density at radius 3 is 2.29 bits per heavy atom. The second kappa shape index (κ2) is 11.8. The van der Waals surface area contributed by atoms with Crippen LogP contribution in [0.4, 0.5) is 22.0 Å². The fourth-order valence-corrected chi connectivity index (χ4v) is 5.02. The Labute approximate surface area is 215 Å². The molecule has 0 aromatic carbocycles. The highest BCUT2D eigenvalue weighted by Crippen LogP contribution is 2.35. The molecule has 15 heteroatoms. The number of carbonyl (C=O) groups excluding carboxylic acids is 5. The molecule has 3 aliphatic rings. The standard InChI is InChI=1S/C23H32F5N5O5/c24-22(25)6-8-33(20(37)15(9-12-3-1-4-12)32-21(38)23(26,27)28)16(11-22)19(36)31-14(17(29)34)10-13-5-2-7-30-18(13)35/h12-16H,1-11H2,(H2,29,34)(H,30,35)(H,31,36)(H,32,38)/t13-,14-,15-,16-/m0/s1. The Hall–Kier alpha value is -3.00. The van der Waals surface area contributed by atoms with E-state index in [0.29, 0.717) is 32.2 Å². The number of hydrogen-bond acceptors (Lipinski definition) is 5. The van der Waals surface area contributed by atoms with Gasteiger partial charge >= 0.3 is 12.1 Å². The molecule has 1 aliphatic carbocycles. The lowest BCUT2D eigenvalue weighted by Gasteiger charge is -2.41. The van der Waals surface area contributed by atoms with Crippen LogP contribution in [0, 0.1) is 11.8 Å². The van der Waals surface area contributed by atoms with Crippen LogP contribution < -0.4 is 21.7 Å². The maximum absolute atomic E-state index is 14.3. The number of carbonyl (C=O) groups is 5. The summed E-state index contributed by atoms with van der Waals surface area (Å²) in [4.78, 5) is 62.9. The first kappa shape index (κ1) is 29.6. The highest BCUT2D eigenvalue weighted by molar-refractivity contribution is 5.95. The minimum atomic E-state index is -5.27. The van der Waals surface area contributed by atoms with Gasteiger partial charge in [-0.15, -0.1) is 0 Å². The van der Waals surface area contributed by atoms with Crippen LogP contribution in [0.25, 0.3) is 0 Å². The first-order valence-electron chi connectivity index (χ1n) is 12.6. The summed E-state index contributed by atoms with van der Waals surface area (Å²) in [6.45, 7) is -0.205. The number of alkyl halides is 5. The Kier molecular flexibility index (Phi) is 9.18. The van der Waals surface area contributed by atoms with Crippen LogP contribution in [0.3, 0.4) is 0 Å². The van der Waals surface area contributed by atoms with Gasteiger partial charge < -0.3 is 26.6 Å². The van der Waals surface area contributed by atoms with Crippen LogP contribution in [0.2, 0.25) is 0 Å². The van der Waals surface area contributed by atoms with E-state index in [0.717, 1.165) is 11.3 Å². The predicted octanol–water partition coefficient (Wildman–Crippen LogP) is 0.736. The Morgan fingerprint density at radius 2 is 1.74 bits per heavy atom.